The van der Waals surface area contributed by atoms with Crippen LogP contribution in [0.2, 0.25) is 0 Å². The van der Waals surface area contributed by atoms with E-state index in [-0.39, 0.29) is 17.4 Å². The molecular weight excluding hydrogens is 266 g/mol. The van der Waals surface area contributed by atoms with Crippen LogP contribution in [-0.2, 0) is 16.0 Å². The van der Waals surface area contributed by atoms with E-state index in [4.69, 9.17) is 5.11 Å². The minimum absolute atomic E-state index is 0.150. The Hall–Kier alpha value is -1.82. The standard InChI is InChI=1S/C13H13NO4S/c15-11-7-19-8-12(16)14(11)6-5-9-1-3-10(4-2-9)13(17)18/h1-4H,5-8H2,(H,17,18). The van der Waals surface area contributed by atoms with Gasteiger partial charge in [0.1, 0.15) is 0 Å². The lowest BCUT2D eigenvalue weighted by Gasteiger charge is -2.24. The Labute approximate surface area is 114 Å². The number of carbonyl (C=O) groups excluding carboxylic acids is 2. The Morgan fingerprint density at radius 2 is 1.74 bits per heavy atom. The van der Waals surface area contributed by atoms with Crippen LogP contribution in [0.3, 0.4) is 0 Å². The summed E-state index contributed by atoms with van der Waals surface area (Å²) in [6, 6.07) is 6.45. The van der Waals surface area contributed by atoms with Crippen molar-refractivity contribution in [1.82, 2.24) is 4.90 Å². The van der Waals surface area contributed by atoms with Gasteiger partial charge in [-0.2, -0.15) is 0 Å². The van der Waals surface area contributed by atoms with E-state index in [2.05, 4.69) is 0 Å². The molecule has 19 heavy (non-hydrogen) atoms. The van der Waals surface area contributed by atoms with Gasteiger partial charge in [0.15, 0.2) is 0 Å². The molecule has 5 nitrogen and oxygen atoms in total. The van der Waals surface area contributed by atoms with Crippen LogP contribution in [0, 0.1) is 0 Å². The molecule has 1 fully saturated rings. The van der Waals surface area contributed by atoms with Crippen molar-refractivity contribution in [3.63, 3.8) is 0 Å². The van der Waals surface area contributed by atoms with Gasteiger partial charge in [-0.15, -0.1) is 11.8 Å². The summed E-state index contributed by atoms with van der Waals surface area (Å²) in [5.41, 5.74) is 1.13. The van der Waals surface area contributed by atoms with Crippen molar-refractivity contribution in [2.75, 3.05) is 18.1 Å². The molecule has 0 saturated carbocycles. The van der Waals surface area contributed by atoms with Crippen molar-refractivity contribution < 1.29 is 19.5 Å². The molecule has 2 rings (SSSR count). The normalized spacial score (nSPS) is 15.7. The number of amides is 2. The van der Waals surface area contributed by atoms with Gasteiger partial charge in [-0.05, 0) is 24.1 Å². The maximum Gasteiger partial charge on any atom is 0.335 e. The van der Waals surface area contributed by atoms with Gasteiger partial charge < -0.3 is 5.11 Å². The number of imide groups is 1. The molecule has 0 bridgehead atoms. The van der Waals surface area contributed by atoms with Crippen LogP contribution in [0.25, 0.3) is 0 Å². The third-order valence-electron chi connectivity index (χ3n) is 2.88. The van der Waals surface area contributed by atoms with Gasteiger partial charge in [0, 0.05) is 6.54 Å². The predicted octanol–water partition coefficient (Wildman–Crippen LogP) is 1.03. The second-order valence-corrected chi connectivity index (χ2v) is 5.17. The number of hydrogen-bond acceptors (Lipinski definition) is 4. The maximum atomic E-state index is 11.6. The van der Waals surface area contributed by atoms with Gasteiger partial charge in [-0.25, -0.2) is 4.79 Å². The molecule has 2 amide bonds. The molecule has 0 radical (unpaired) electrons. The Morgan fingerprint density at radius 3 is 2.26 bits per heavy atom. The van der Waals surface area contributed by atoms with Crippen molar-refractivity contribution in [2.45, 2.75) is 6.42 Å². The molecule has 0 spiro atoms. The Bertz CT molecular complexity index is 496. The van der Waals surface area contributed by atoms with E-state index < -0.39 is 5.97 Å². The fourth-order valence-electron chi connectivity index (χ4n) is 1.82. The summed E-state index contributed by atoms with van der Waals surface area (Å²) >= 11 is 1.34. The quantitative estimate of drug-likeness (QED) is 0.833. The van der Waals surface area contributed by atoms with Gasteiger partial charge in [0.2, 0.25) is 11.8 Å². The fourth-order valence-corrected chi connectivity index (χ4v) is 2.59. The molecule has 6 heteroatoms. The molecule has 0 aliphatic carbocycles. The largest absolute Gasteiger partial charge is 0.478 e. The number of carbonyl (C=O) groups is 3. The first-order valence-electron chi connectivity index (χ1n) is 5.81. The van der Waals surface area contributed by atoms with Crippen LogP contribution in [0.1, 0.15) is 15.9 Å². The van der Waals surface area contributed by atoms with E-state index in [9.17, 15) is 14.4 Å². The molecule has 1 saturated heterocycles. The van der Waals surface area contributed by atoms with E-state index in [0.29, 0.717) is 24.5 Å². The average molecular weight is 279 g/mol. The highest BCUT2D eigenvalue weighted by Gasteiger charge is 2.25. The van der Waals surface area contributed by atoms with Crippen LogP contribution >= 0.6 is 11.8 Å². The number of rotatable bonds is 4. The minimum atomic E-state index is -0.968. The number of thioether (sulfide) groups is 1. The molecule has 1 aromatic carbocycles. The van der Waals surface area contributed by atoms with Crippen LogP contribution in [0.4, 0.5) is 0 Å². The number of hydrogen-bond donors (Lipinski definition) is 1. The number of benzene rings is 1. The smallest absolute Gasteiger partial charge is 0.335 e. The van der Waals surface area contributed by atoms with Crippen LogP contribution < -0.4 is 0 Å². The summed E-state index contributed by atoms with van der Waals surface area (Å²) in [4.78, 5) is 35.1. The first-order chi connectivity index (χ1) is 9.08. The lowest BCUT2D eigenvalue weighted by Crippen LogP contribution is -2.43. The second kappa shape index (κ2) is 5.88. The fraction of sp³-hybridized carbons (Fsp3) is 0.308. The summed E-state index contributed by atoms with van der Waals surface area (Å²) in [5.74, 6) is -0.565. The van der Waals surface area contributed by atoms with E-state index in [0.717, 1.165) is 5.56 Å². The number of aromatic carboxylic acids is 1. The Morgan fingerprint density at radius 1 is 1.16 bits per heavy atom. The molecule has 1 aliphatic rings. The highest BCUT2D eigenvalue weighted by atomic mass is 32.2. The van der Waals surface area contributed by atoms with Crippen molar-refractivity contribution in [3.05, 3.63) is 35.4 Å². The van der Waals surface area contributed by atoms with Gasteiger partial charge >= 0.3 is 5.97 Å². The van der Waals surface area contributed by atoms with Gasteiger partial charge in [-0.1, -0.05) is 12.1 Å². The highest BCUT2D eigenvalue weighted by molar-refractivity contribution is 8.00. The molecule has 1 heterocycles. The summed E-state index contributed by atoms with van der Waals surface area (Å²) < 4.78 is 0. The number of carboxylic acids is 1. The van der Waals surface area contributed by atoms with E-state index in [1.165, 1.54) is 28.8 Å². The van der Waals surface area contributed by atoms with Crippen molar-refractivity contribution >= 4 is 29.5 Å². The zero-order valence-corrected chi connectivity index (χ0v) is 11.0. The third-order valence-corrected chi connectivity index (χ3v) is 3.78. The average Bonchev–Trinajstić information content (AvgIpc) is 2.38. The van der Waals surface area contributed by atoms with Crippen LogP contribution in [0.5, 0.6) is 0 Å². The Balaban J connectivity index is 1.96. The summed E-state index contributed by atoms with van der Waals surface area (Å²) in [6.45, 7) is 0.352. The lowest BCUT2D eigenvalue weighted by atomic mass is 10.1. The molecule has 0 aromatic heterocycles. The predicted molar refractivity (Wildman–Crippen MR) is 71.2 cm³/mol. The second-order valence-electron chi connectivity index (χ2n) is 4.18. The molecule has 100 valence electrons. The SMILES string of the molecule is O=C(O)c1ccc(CCN2C(=O)CSCC2=O)cc1. The first kappa shape index (κ1) is 13.6. The van der Waals surface area contributed by atoms with E-state index in [1.54, 1.807) is 12.1 Å². The van der Waals surface area contributed by atoms with Crippen LogP contribution in [0.15, 0.2) is 24.3 Å². The summed E-state index contributed by atoms with van der Waals surface area (Å²) in [7, 11) is 0. The van der Waals surface area contributed by atoms with Crippen LogP contribution in [-0.4, -0.2) is 45.8 Å². The monoisotopic (exact) mass is 279 g/mol. The topological polar surface area (TPSA) is 74.7 Å². The first-order valence-corrected chi connectivity index (χ1v) is 6.96. The van der Waals surface area contributed by atoms with Crippen molar-refractivity contribution in [3.8, 4) is 0 Å². The number of carboxylic acid groups (broad SMARTS) is 1. The van der Waals surface area contributed by atoms with Crippen molar-refractivity contribution in [2.24, 2.45) is 0 Å². The summed E-state index contributed by atoms with van der Waals surface area (Å²) in [5, 5.41) is 8.78. The molecule has 0 unspecified atom stereocenters. The molecular formula is C13H13NO4S. The van der Waals surface area contributed by atoms with Gasteiger partial charge in [0.05, 0.1) is 17.1 Å². The minimum Gasteiger partial charge on any atom is -0.478 e. The highest BCUT2D eigenvalue weighted by Crippen LogP contribution is 2.13. The molecule has 1 N–H and O–H groups in total. The molecule has 1 aliphatic heterocycles. The zero-order valence-electron chi connectivity index (χ0n) is 10.2. The number of nitrogens with zero attached hydrogens (tertiary/aromatic N) is 1. The van der Waals surface area contributed by atoms with Gasteiger partial charge in [0.25, 0.3) is 0 Å². The van der Waals surface area contributed by atoms with Gasteiger partial charge in [-0.3, -0.25) is 14.5 Å². The molecule has 0 atom stereocenters. The summed E-state index contributed by atoms with van der Waals surface area (Å²) in [6.07, 6.45) is 0.544. The third kappa shape index (κ3) is 3.35. The van der Waals surface area contributed by atoms with Crippen molar-refractivity contribution in [1.29, 1.82) is 0 Å². The molecule has 1 aromatic rings. The Kier molecular flexibility index (Phi) is 4.21. The zero-order chi connectivity index (χ0) is 13.8. The van der Waals surface area contributed by atoms with E-state index >= 15 is 0 Å². The van der Waals surface area contributed by atoms with E-state index in [1.807, 2.05) is 0 Å². The lowest BCUT2D eigenvalue weighted by molar-refractivity contribution is -0.142. The maximum absolute atomic E-state index is 11.6.